The summed E-state index contributed by atoms with van der Waals surface area (Å²) >= 11 is 0. The van der Waals surface area contributed by atoms with Gasteiger partial charge in [0.25, 0.3) is 0 Å². The predicted octanol–water partition coefficient (Wildman–Crippen LogP) is 4.63. The van der Waals surface area contributed by atoms with Crippen LogP contribution in [0.2, 0.25) is 0 Å². The second kappa shape index (κ2) is 10.5. The number of unbranched alkanes of at least 4 members (excludes halogenated alkanes) is 5. The molecule has 2 aliphatic heterocycles. The minimum absolute atomic E-state index is 0.0133. The van der Waals surface area contributed by atoms with Crippen LogP contribution in [0.25, 0.3) is 0 Å². The quantitative estimate of drug-likeness (QED) is 0.458. The molecular weight excluding hydrogens is 354 g/mol. The lowest BCUT2D eigenvalue weighted by Crippen LogP contribution is -2.40. The van der Waals surface area contributed by atoms with Crippen LogP contribution < -0.4 is 9.47 Å². The van der Waals surface area contributed by atoms with E-state index in [-0.39, 0.29) is 17.6 Å². The van der Waals surface area contributed by atoms with Gasteiger partial charge in [-0.1, -0.05) is 39.0 Å². The lowest BCUT2D eigenvalue weighted by atomic mass is 9.88. The van der Waals surface area contributed by atoms with Crippen LogP contribution in [0.1, 0.15) is 75.1 Å². The van der Waals surface area contributed by atoms with Gasteiger partial charge < -0.3 is 14.4 Å². The Bertz CT molecular complexity index is 665. The fourth-order valence-corrected chi connectivity index (χ4v) is 4.04. The van der Waals surface area contributed by atoms with Crippen LogP contribution in [0.4, 0.5) is 0 Å². The molecule has 2 aliphatic rings. The number of ether oxygens (including phenoxy) is 2. The molecule has 0 atom stereocenters. The summed E-state index contributed by atoms with van der Waals surface area (Å²) in [6.07, 6.45) is 9.31. The third kappa shape index (κ3) is 5.49. The molecule has 0 N–H and O–H groups in total. The highest BCUT2D eigenvalue weighted by atomic mass is 16.6. The molecule has 2 heterocycles. The molecule has 3 rings (SSSR count). The molecule has 0 radical (unpaired) electrons. The van der Waals surface area contributed by atoms with Crippen LogP contribution in [0.15, 0.2) is 18.2 Å². The summed E-state index contributed by atoms with van der Waals surface area (Å²) in [5, 5.41) is 0. The summed E-state index contributed by atoms with van der Waals surface area (Å²) < 4.78 is 11.1. The van der Waals surface area contributed by atoms with Gasteiger partial charge in [0.05, 0.1) is 0 Å². The third-order valence-electron chi connectivity index (χ3n) is 5.79. The number of likely N-dealkylation sites (tertiary alicyclic amines) is 1. The van der Waals surface area contributed by atoms with E-state index < -0.39 is 0 Å². The van der Waals surface area contributed by atoms with Gasteiger partial charge in [0, 0.05) is 31.0 Å². The number of hydrogen-bond donors (Lipinski definition) is 0. The molecule has 1 amide bonds. The van der Waals surface area contributed by atoms with Crippen LogP contribution >= 0.6 is 0 Å². The van der Waals surface area contributed by atoms with Gasteiger partial charge in [-0.05, 0) is 37.5 Å². The molecule has 0 saturated carbocycles. The summed E-state index contributed by atoms with van der Waals surface area (Å²) in [6.45, 7) is 4.66. The number of Topliss-reactive ketones (excluding diaryl/α,β-unsaturated/α-hetero) is 1. The maximum absolute atomic E-state index is 12.9. The number of benzene rings is 1. The van der Waals surface area contributed by atoms with Gasteiger partial charge in [-0.3, -0.25) is 9.59 Å². The van der Waals surface area contributed by atoms with Crippen LogP contribution in [0, 0.1) is 5.92 Å². The van der Waals surface area contributed by atoms with E-state index in [1.807, 2.05) is 17.0 Å². The summed E-state index contributed by atoms with van der Waals surface area (Å²) in [5.74, 6) is 1.75. The first-order chi connectivity index (χ1) is 13.7. The largest absolute Gasteiger partial charge is 0.486 e. The molecule has 28 heavy (non-hydrogen) atoms. The highest BCUT2D eigenvalue weighted by Crippen LogP contribution is 2.32. The Morgan fingerprint density at radius 3 is 2.39 bits per heavy atom. The Balaban J connectivity index is 1.42. The van der Waals surface area contributed by atoms with Gasteiger partial charge in [0.1, 0.15) is 13.2 Å². The summed E-state index contributed by atoms with van der Waals surface area (Å²) in [6, 6.07) is 5.44. The Morgan fingerprint density at radius 2 is 1.64 bits per heavy atom. The molecule has 5 nitrogen and oxygen atoms in total. The zero-order valence-electron chi connectivity index (χ0n) is 17.1. The first kappa shape index (κ1) is 20.7. The van der Waals surface area contributed by atoms with Crippen molar-refractivity contribution >= 4 is 11.7 Å². The second-order valence-corrected chi connectivity index (χ2v) is 7.90. The highest BCUT2D eigenvalue weighted by molar-refractivity contribution is 5.98. The molecule has 1 aromatic carbocycles. The number of rotatable bonds is 9. The molecule has 0 spiro atoms. The van der Waals surface area contributed by atoms with Crippen LogP contribution in [-0.2, 0) is 4.79 Å². The molecule has 1 fully saturated rings. The Hall–Kier alpha value is -2.04. The number of amides is 1. The molecule has 0 unspecified atom stereocenters. The van der Waals surface area contributed by atoms with Crippen LogP contribution in [0.3, 0.4) is 0 Å². The van der Waals surface area contributed by atoms with Crippen molar-refractivity contribution < 1.29 is 19.1 Å². The lowest BCUT2D eigenvalue weighted by molar-refractivity contribution is -0.132. The van der Waals surface area contributed by atoms with E-state index in [1.165, 1.54) is 25.7 Å². The number of carbonyl (C=O) groups is 2. The Kier molecular flexibility index (Phi) is 7.75. The Morgan fingerprint density at radius 1 is 0.964 bits per heavy atom. The average molecular weight is 388 g/mol. The molecule has 0 bridgehead atoms. The van der Waals surface area contributed by atoms with Gasteiger partial charge >= 0.3 is 0 Å². The SMILES string of the molecule is CCCCCCCCC(=O)N1CCC(C(=O)c2ccc3c(c2)OCCO3)CC1. The maximum Gasteiger partial charge on any atom is 0.222 e. The predicted molar refractivity (Wildman–Crippen MR) is 109 cm³/mol. The van der Waals surface area contributed by atoms with Gasteiger partial charge in [-0.2, -0.15) is 0 Å². The normalized spacial score (nSPS) is 16.8. The zero-order chi connectivity index (χ0) is 19.8. The first-order valence-electron chi connectivity index (χ1n) is 10.9. The fourth-order valence-electron chi connectivity index (χ4n) is 4.04. The number of piperidine rings is 1. The minimum atomic E-state index is -0.0133. The number of fused-ring (bicyclic) bond motifs is 1. The van der Waals surface area contributed by atoms with Crippen molar-refractivity contribution in [1.82, 2.24) is 4.90 Å². The van der Waals surface area contributed by atoms with Crippen molar-refractivity contribution in [3.8, 4) is 11.5 Å². The van der Waals surface area contributed by atoms with Crippen LogP contribution in [0.5, 0.6) is 11.5 Å². The monoisotopic (exact) mass is 387 g/mol. The Labute approximate surface area is 168 Å². The van der Waals surface area contributed by atoms with E-state index in [9.17, 15) is 9.59 Å². The number of carbonyl (C=O) groups excluding carboxylic acids is 2. The van der Waals surface area contributed by atoms with Gasteiger partial charge in [0.2, 0.25) is 5.91 Å². The molecular formula is C23H33NO4. The highest BCUT2D eigenvalue weighted by Gasteiger charge is 2.28. The van der Waals surface area contributed by atoms with Crippen molar-refractivity contribution in [3.63, 3.8) is 0 Å². The van der Waals surface area contributed by atoms with Gasteiger partial charge in [-0.25, -0.2) is 0 Å². The molecule has 1 aromatic rings. The van der Waals surface area contributed by atoms with Gasteiger partial charge in [0.15, 0.2) is 17.3 Å². The van der Waals surface area contributed by atoms with Crippen LogP contribution in [-0.4, -0.2) is 42.9 Å². The number of hydrogen-bond acceptors (Lipinski definition) is 4. The fraction of sp³-hybridized carbons (Fsp3) is 0.652. The third-order valence-corrected chi connectivity index (χ3v) is 5.79. The number of nitrogens with zero attached hydrogens (tertiary/aromatic N) is 1. The first-order valence-corrected chi connectivity index (χ1v) is 10.9. The van der Waals surface area contributed by atoms with E-state index in [4.69, 9.17) is 9.47 Å². The molecule has 0 aliphatic carbocycles. The maximum atomic E-state index is 12.9. The van der Waals surface area contributed by atoms with E-state index in [0.29, 0.717) is 49.8 Å². The zero-order valence-corrected chi connectivity index (χ0v) is 17.1. The van der Waals surface area contributed by atoms with E-state index in [1.54, 1.807) is 6.07 Å². The summed E-state index contributed by atoms with van der Waals surface area (Å²) in [4.78, 5) is 27.2. The van der Waals surface area contributed by atoms with Gasteiger partial charge in [-0.15, -0.1) is 0 Å². The molecule has 0 aromatic heterocycles. The summed E-state index contributed by atoms with van der Waals surface area (Å²) in [5.41, 5.74) is 0.682. The van der Waals surface area contributed by atoms with E-state index >= 15 is 0 Å². The average Bonchev–Trinajstić information content (AvgIpc) is 2.75. The standard InChI is InChI=1S/C23H33NO4/c1-2-3-4-5-6-7-8-22(25)24-13-11-18(12-14-24)23(26)19-9-10-20-21(17-19)28-16-15-27-20/h9-10,17-18H,2-8,11-16H2,1H3. The smallest absolute Gasteiger partial charge is 0.222 e. The van der Waals surface area contributed by atoms with E-state index in [2.05, 4.69) is 6.92 Å². The van der Waals surface area contributed by atoms with E-state index in [0.717, 1.165) is 25.7 Å². The molecule has 5 heteroatoms. The topological polar surface area (TPSA) is 55.8 Å². The van der Waals surface area contributed by atoms with Crippen molar-refractivity contribution in [2.75, 3.05) is 26.3 Å². The second-order valence-electron chi connectivity index (χ2n) is 7.90. The van der Waals surface area contributed by atoms with Crippen molar-refractivity contribution in [2.45, 2.75) is 64.7 Å². The number of ketones is 1. The molecule has 154 valence electrons. The molecule has 1 saturated heterocycles. The lowest BCUT2D eigenvalue weighted by Gasteiger charge is -2.31. The van der Waals surface area contributed by atoms with Crippen molar-refractivity contribution in [3.05, 3.63) is 23.8 Å². The minimum Gasteiger partial charge on any atom is -0.486 e. The van der Waals surface area contributed by atoms with Crippen molar-refractivity contribution in [2.24, 2.45) is 5.92 Å². The summed E-state index contributed by atoms with van der Waals surface area (Å²) in [7, 11) is 0. The van der Waals surface area contributed by atoms with Crippen molar-refractivity contribution in [1.29, 1.82) is 0 Å².